The summed E-state index contributed by atoms with van der Waals surface area (Å²) >= 11 is 0. The second-order valence-corrected chi connectivity index (χ2v) is 8.80. The molecule has 0 aliphatic carbocycles. The highest BCUT2D eigenvalue weighted by molar-refractivity contribution is 5.40. The molecule has 3 aliphatic heterocycles. The molecule has 2 bridgehead atoms. The zero-order chi connectivity index (χ0) is 21.8. The highest BCUT2D eigenvalue weighted by Crippen LogP contribution is 2.43. The molecule has 32 heavy (non-hydrogen) atoms. The number of hydrogen-bond donors (Lipinski definition) is 0. The minimum absolute atomic E-state index is 0.158. The average Bonchev–Trinajstić information content (AvgIpc) is 2.86. The Hall–Kier alpha value is -3.11. The second kappa shape index (κ2) is 9.58. The first-order valence-electron chi connectivity index (χ1n) is 11.4. The molecule has 6 rings (SSSR count). The fraction of sp³-hybridized carbons (Fsp3) is 0.333. The lowest BCUT2D eigenvalue weighted by molar-refractivity contribution is -0.120. The van der Waals surface area contributed by atoms with Gasteiger partial charge >= 0.3 is 0 Å². The molecule has 5 heteroatoms. The molecule has 3 heterocycles. The maximum Gasteiger partial charge on any atom is 0.0773 e. The maximum absolute atomic E-state index is 8.75. The van der Waals surface area contributed by atoms with Gasteiger partial charge in [-0.25, -0.2) is 0 Å². The van der Waals surface area contributed by atoms with Crippen LogP contribution in [0.1, 0.15) is 35.4 Å². The van der Waals surface area contributed by atoms with E-state index in [0.717, 1.165) is 18.7 Å². The van der Waals surface area contributed by atoms with Crippen LogP contribution in [0.2, 0.25) is 0 Å². The molecule has 3 fully saturated rings. The van der Waals surface area contributed by atoms with Crippen molar-refractivity contribution in [3.05, 3.63) is 112 Å². The molecule has 162 valence electrons. The number of rotatable bonds is 7. The van der Waals surface area contributed by atoms with E-state index >= 15 is 0 Å². The van der Waals surface area contributed by atoms with E-state index in [0.29, 0.717) is 24.3 Å². The molecule has 0 spiro atoms. The lowest BCUT2D eigenvalue weighted by Crippen LogP contribution is -2.60. The van der Waals surface area contributed by atoms with Gasteiger partial charge in [0, 0.05) is 22.6 Å². The molecular formula is C27H28N4O. The van der Waals surface area contributed by atoms with Crippen molar-refractivity contribution in [3.63, 3.8) is 0 Å². The van der Waals surface area contributed by atoms with Crippen LogP contribution < -0.4 is 0 Å². The number of fused-ring (bicyclic) bond motifs is 3. The molecule has 0 aromatic heterocycles. The molecular weight excluding hydrogens is 396 g/mol. The lowest BCUT2D eigenvalue weighted by atomic mass is 9.72. The fourth-order valence-corrected chi connectivity index (χ4v) is 5.53. The predicted molar refractivity (Wildman–Crippen MR) is 127 cm³/mol. The molecule has 0 saturated carbocycles. The topological polar surface area (TPSA) is 61.2 Å². The summed E-state index contributed by atoms with van der Waals surface area (Å²) in [4.78, 5) is 5.55. The summed E-state index contributed by atoms with van der Waals surface area (Å²) in [5.74, 6) is 0.834. The van der Waals surface area contributed by atoms with Gasteiger partial charge in [-0.1, -0.05) is 84.0 Å². The van der Waals surface area contributed by atoms with Gasteiger partial charge in [-0.2, -0.15) is 0 Å². The van der Waals surface area contributed by atoms with E-state index < -0.39 is 0 Å². The summed E-state index contributed by atoms with van der Waals surface area (Å²) in [5, 5.41) is 3.74. The van der Waals surface area contributed by atoms with Gasteiger partial charge in [0.15, 0.2) is 0 Å². The maximum atomic E-state index is 8.75. The average molecular weight is 425 g/mol. The van der Waals surface area contributed by atoms with E-state index in [4.69, 9.17) is 10.3 Å². The Morgan fingerprint density at radius 3 is 2.19 bits per heavy atom. The third-order valence-corrected chi connectivity index (χ3v) is 6.97. The minimum atomic E-state index is 0.158. The standard InChI is InChI=1S/C27H28N4O/c28-30-29-24-13-7-8-20(18-24)19-32-27-23-14-16-31(17-15-23)26(27)25(21-9-3-1-4-10-21)22-11-5-2-6-12-22/h1-13,18,23,25-27H,14-17,19H2/t26-,27-/m0/s1. The van der Waals surface area contributed by atoms with Gasteiger partial charge in [0.1, 0.15) is 0 Å². The Labute approximate surface area is 189 Å². The van der Waals surface area contributed by atoms with Gasteiger partial charge < -0.3 is 4.74 Å². The molecule has 3 saturated heterocycles. The monoisotopic (exact) mass is 424 g/mol. The molecule has 0 unspecified atom stereocenters. The van der Waals surface area contributed by atoms with Gasteiger partial charge in [-0.15, -0.1) is 0 Å². The number of azide groups is 1. The van der Waals surface area contributed by atoms with Crippen LogP contribution in [0, 0.1) is 5.92 Å². The molecule has 0 amide bonds. The molecule has 3 aromatic rings. The third kappa shape index (κ3) is 4.28. The lowest BCUT2D eigenvalue weighted by Gasteiger charge is -2.53. The van der Waals surface area contributed by atoms with E-state index in [1.54, 1.807) is 0 Å². The number of piperidine rings is 3. The summed E-state index contributed by atoms with van der Waals surface area (Å²) in [6, 6.07) is 29.7. The van der Waals surface area contributed by atoms with Gasteiger partial charge in [-0.05, 0) is 60.1 Å². The first-order chi connectivity index (χ1) is 15.8. The van der Waals surface area contributed by atoms with Crippen molar-refractivity contribution in [2.75, 3.05) is 13.1 Å². The third-order valence-electron chi connectivity index (χ3n) is 6.97. The fourth-order valence-electron chi connectivity index (χ4n) is 5.53. The van der Waals surface area contributed by atoms with Gasteiger partial charge in [0.05, 0.1) is 12.7 Å². The molecule has 0 N–H and O–H groups in total. The predicted octanol–water partition coefficient (Wildman–Crippen LogP) is 6.44. The first kappa shape index (κ1) is 20.8. The Balaban J connectivity index is 1.47. The molecule has 3 aromatic carbocycles. The van der Waals surface area contributed by atoms with Gasteiger partial charge in [0.25, 0.3) is 0 Å². The smallest absolute Gasteiger partial charge is 0.0773 e. The highest BCUT2D eigenvalue weighted by Gasteiger charge is 2.47. The van der Waals surface area contributed by atoms with E-state index in [1.165, 1.54) is 24.0 Å². The Bertz CT molecular complexity index is 1030. The van der Waals surface area contributed by atoms with Crippen LogP contribution in [0.3, 0.4) is 0 Å². The Kier molecular flexibility index (Phi) is 6.22. The number of nitrogens with zero attached hydrogens (tertiary/aromatic N) is 4. The van der Waals surface area contributed by atoms with E-state index in [1.807, 2.05) is 24.3 Å². The summed E-state index contributed by atoms with van der Waals surface area (Å²) in [6.45, 7) is 2.80. The Morgan fingerprint density at radius 1 is 0.906 bits per heavy atom. The van der Waals surface area contributed by atoms with Gasteiger partial charge in [-0.3, -0.25) is 4.90 Å². The van der Waals surface area contributed by atoms with Crippen LogP contribution in [-0.2, 0) is 11.3 Å². The quantitative estimate of drug-likeness (QED) is 0.249. The van der Waals surface area contributed by atoms with E-state index in [9.17, 15) is 0 Å². The highest BCUT2D eigenvalue weighted by atomic mass is 16.5. The van der Waals surface area contributed by atoms with Crippen molar-refractivity contribution in [2.45, 2.75) is 37.5 Å². The van der Waals surface area contributed by atoms with Crippen molar-refractivity contribution >= 4 is 5.69 Å². The largest absolute Gasteiger partial charge is 0.372 e. The van der Waals surface area contributed by atoms with E-state index in [2.05, 4.69) is 75.6 Å². The van der Waals surface area contributed by atoms with E-state index in [-0.39, 0.29) is 12.0 Å². The molecule has 2 atom stereocenters. The molecule has 3 aliphatic rings. The van der Waals surface area contributed by atoms with Crippen LogP contribution in [0.4, 0.5) is 5.69 Å². The van der Waals surface area contributed by atoms with Crippen molar-refractivity contribution in [2.24, 2.45) is 11.0 Å². The SMILES string of the molecule is [N-]=[N+]=Nc1cccc(CO[C@H]2C3CCN(CC3)[C@H]2C(c2ccccc2)c2ccccc2)c1. The summed E-state index contributed by atoms with van der Waals surface area (Å²) in [6.07, 6.45) is 2.54. The van der Waals surface area contributed by atoms with Crippen molar-refractivity contribution in [3.8, 4) is 0 Å². The van der Waals surface area contributed by atoms with Crippen LogP contribution in [0.25, 0.3) is 10.4 Å². The Morgan fingerprint density at radius 2 is 1.56 bits per heavy atom. The number of ether oxygens (including phenoxy) is 1. The zero-order valence-electron chi connectivity index (χ0n) is 18.1. The van der Waals surface area contributed by atoms with Crippen LogP contribution in [0.5, 0.6) is 0 Å². The molecule has 0 radical (unpaired) electrons. The normalized spacial score (nSPS) is 24.3. The first-order valence-corrected chi connectivity index (χ1v) is 11.4. The van der Waals surface area contributed by atoms with Crippen molar-refractivity contribution in [1.82, 2.24) is 4.90 Å². The van der Waals surface area contributed by atoms with Crippen LogP contribution in [-0.4, -0.2) is 30.1 Å². The summed E-state index contributed by atoms with van der Waals surface area (Å²) in [7, 11) is 0. The second-order valence-electron chi connectivity index (χ2n) is 8.80. The van der Waals surface area contributed by atoms with Crippen LogP contribution >= 0.6 is 0 Å². The van der Waals surface area contributed by atoms with Crippen LogP contribution in [0.15, 0.2) is 90.0 Å². The van der Waals surface area contributed by atoms with Gasteiger partial charge in [0.2, 0.25) is 0 Å². The molecule has 5 nitrogen and oxygen atoms in total. The van der Waals surface area contributed by atoms with Crippen molar-refractivity contribution < 1.29 is 4.74 Å². The van der Waals surface area contributed by atoms with Crippen molar-refractivity contribution in [1.29, 1.82) is 0 Å². The minimum Gasteiger partial charge on any atom is -0.372 e. The zero-order valence-corrected chi connectivity index (χ0v) is 18.1. The number of hydrogen-bond acceptors (Lipinski definition) is 3. The summed E-state index contributed by atoms with van der Waals surface area (Å²) < 4.78 is 6.70. The number of benzene rings is 3. The summed E-state index contributed by atoms with van der Waals surface area (Å²) in [5.41, 5.74) is 13.1.